The van der Waals surface area contributed by atoms with Gasteiger partial charge in [0.15, 0.2) is 5.17 Å². The highest BCUT2D eigenvalue weighted by atomic mass is 32.2. The Morgan fingerprint density at radius 1 is 1.21 bits per heavy atom. The van der Waals surface area contributed by atoms with Crippen molar-refractivity contribution >= 4 is 46.5 Å². The summed E-state index contributed by atoms with van der Waals surface area (Å²) < 4.78 is 50.9. The van der Waals surface area contributed by atoms with Gasteiger partial charge in [-0.15, -0.1) is 13.2 Å². The molecule has 1 saturated heterocycles. The first-order valence-electron chi connectivity index (χ1n) is 8.99. The summed E-state index contributed by atoms with van der Waals surface area (Å²) in [5, 5.41) is 17.4. The van der Waals surface area contributed by atoms with Crippen LogP contribution in [0.5, 0.6) is 5.75 Å². The van der Waals surface area contributed by atoms with Crippen LogP contribution in [0.3, 0.4) is 0 Å². The van der Waals surface area contributed by atoms with E-state index in [2.05, 4.69) is 25.0 Å². The van der Waals surface area contributed by atoms with Gasteiger partial charge in [0, 0.05) is 18.6 Å². The highest BCUT2D eigenvalue weighted by Gasteiger charge is 2.38. The lowest BCUT2D eigenvalue weighted by atomic mass is 10.2. The van der Waals surface area contributed by atoms with Gasteiger partial charge in [0.25, 0.3) is 5.91 Å². The molecular formula is C19H12F3N5O5S. The first-order valence-corrected chi connectivity index (χ1v) is 9.81. The highest BCUT2D eigenvalue weighted by Crippen LogP contribution is 2.37. The molecule has 2 aromatic heterocycles. The number of amides is 2. The molecule has 33 heavy (non-hydrogen) atoms. The largest absolute Gasteiger partial charge is 0.573 e. The van der Waals surface area contributed by atoms with E-state index in [1.807, 2.05) is 0 Å². The molecule has 170 valence electrons. The Labute approximate surface area is 186 Å². The standard InChI is InChI=1S/C19H12F3N5O5S/c1-9(28)24-15-16(26-32-25-15)27-17(29)14(33-18(27)23)8-12-6-7-13(30-12)10-2-4-11(5-3-10)31-19(20,21)22/h2-8,23H,1H3,(H,24,25,28)/b14-8+,23-18?. The summed E-state index contributed by atoms with van der Waals surface area (Å²) in [4.78, 5) is 25.1. The summed E-state index contributed by atoms with van der Waals surface area (Å²) in [6.45, 7) is 1.24. The van der Waals surface area contributed by atoms with Gasteiger partial charge in [-0.3, -0.25) is 15.0 Å². The van der Waals surface area contributed by atoms with Crippen LogP contribution in [0.1, 0.15) is 12.7 Å². The Hall–Kier alpha value is -4.07. The second-order valence-electron chi connectivity index (χ2n) is 6.45. The van der Waals surface area contributed by atoms with Gasteiger partial charge in [-0.05, 0) is 58.5 Å². The van der Waals surface area contributed by atoms with Crippen molar-refractivity contribution in [1.29, 1.82) is 5.41 Å². The van der Waals surface area contributed by atoms with Crippen molar-refractivity contribution in [2.45, 2.75) is 13.3 Å². The van der Waals surface area contributed by atoms with E-state index < -0.39 is 18.2 Å². The van der Waals surface area contributed by atoms with Crippen LogP contribution < -0.4 is 15.0 Å². The molecule has 1 aliphatic rings. The Balaban J connectivity index is 1.53. The lowest BCUT2D eigenvalue weighted by Gasteiger charge is -2.10. The van der Waals surface area contributed by atoms with Crippen molar-refractivity contribution in [2.24, 2.45) is 0 Å². The number of carbonyl (C=O) groups excluding carboxylic acids is 2. The number of thioether (sulfide) groups is 1. The molecule has 1 aliphatic heterocycles. The third kappa shape index (κ3) is 4.90. The molecule has 1 aromatic carbocycles. The molecule has 0 bridgehead atoms. The van der Waals surface area contributed by atoms with E-state index in [1.165, 1.54) is 25.1 Å². The lowest BCUT2D eigenvalue weighted by molar-refractivity contribution is -0.274. The fraction of sp³-hybridized carbons (Fsp3) is 0.105. The number of nitrogens with one attached hydrogen (secondary N) is 2. The van der Waals surface area contributed by atoms with Crippen LogP contribution in [-0.2, 0) is 9.59 Å². The van der Waals surface area contributed by atoms with E-state index in [-0.39, 0.29) is 33.2 Å². The van der Waals surface area contributed by atoms with Crippen LogP contribution in [0.25, 0.3) is 17.4 Å². The van der Waals surface area contributed by atoms with Gasteiger partial charge in [0.05, 0.1) is 4.91 Å². The highest BCUT2D eigenvalue weighted by molar-refractivity contribution is 8.19. The Morgan fingerprint density at radius 2 is 1.94 bits per heavy atom. The third-order valence-electron chi connectivity index (χ3n) is 4.07. The van der Waals surface area contributed by atoms with E-state index in [1.54, 1.807) is 12.1 Å². The van der Waals surface area contributed by atoms with Crippen LogP contribution in [0, 0.1) is 5.41 Å². The van der Waals surface area contributed by atoms with Gasteiger partial charge in [0.2, 0.25) is 17.5 Å². The van der Waals surface area contributed by atoms with Crippen molar-refractivity contribution in [2.75, 3.05) is 10.2 Å². The molecule has 2 amide bonds. The molecule has 3 heterocycles. The number of rotatable bonds is 5. The molecular weight excluding hydrogens is 467 g/mol. The first-order chi connectivity index (χ1) is 15.6. The maximum atomic E-state index is 12.8. The number of hydrogen-bond donors (Lipinski definition) is 2. The first kappa shape index (κ1) is 22.1. The number of carbonyl (C=O) groups is 2. The predicted molar refractivity (Wildman–Crippen MR) is 110 cm³/mol. The molecule has 1 fully saturated rings. The molecule has 4 rings (SSSR count). The number of benzene rings is 1. The van der Waals surface area contributed by atoms with Gasteiger partial charge < -0.3 is 14.5 Å². The summed E-state index contributed by atoms with van der Waals surface area (Å²) in [7, 11) is 0. The summed E-state index contributed by atoms with van der Waals surface area (Å²) in [6, 6.07) is 8.23. The number of nitrogens with zero attached hydrogens (tertiary/aromatic N) is 3. The van der Waals surface area contributed by atoms with Crippen molar-refractivity contribution in [3.05, 3.63) is 47.1 Å². The Kier molecular flexibility index (Phi) is 5.68. The number of ether oxygens (including phenoxy) is 1. The van der Waals surface area contributed by atoms with Crippen molar-refractivity contribution in [3.63, 3.8) is 0 Å². The van der Waals surface area contributed by atoms with Crippen molar-refractivity contribution in [3.8, 4) is 17.1 Å². The van der Waals surface area contributed by atoms with Gasteiger partial charge in [-0.25, -0.2) is 9.53 Å². The third-order valence-corrected chi connectivity index (χ3v) is 4.96. The molecule has 0 spiro atoms. The molecule has 0 saturated carbocycles. The SMILES string of the molecule is CC(=O)Nc1nonc1N1C(=N)S/C(=C/c2ccc(-c3ccc(OC(F)(F)F)cc3)o2)C1=O. The van der Waals surface area contributed by atoms with Crippen LogP contribution in [0.15, 0.2) is 50.3 Å². The van der Waals surface area contributed by atoms with E-state index in [4.69, 9.17) is 9.83 Å². The minimum Gasteiger partial charge on any atom is -0.457 e. The lowest BCUT2D eigenvalue weighted by Crippen LogP contribution is -2.29. The van der Waals surface area contributed by atoms with Crippen LogP contribution in [-0.4, -0.2) is 33.7 Å². The van der Waals surface area contributed by atoms with Gasteiger partial charge in [-0.1, -0.05) is 0 Å². The average Bonchev–Trinajstić information content (AvgIpc) is 3.42. The van der Waals surface area contributed by atoms with Gasteiger partial charge in [0.1, 0.15) is 17.3 Å². The maximum absolute atomic E-state index is 12.8. The minimum atomic E-state index is -4.79. The smallest absolute Gasteiger partial charge is 0.457 e. The number of hydrogen-bond acceptors (Lipinski definition) is 9. The van der Waals surface area contributed by atoms with E-state index in [9.17, 15) is 22.8 Å². The van der Waals surface area contributed by atoms with Crippen LogP contribution in [0.2, 0.25) is 0 Å². The number of furan rings is 1. The summed E-state index contributed by atoms with van der Waals surface area (Å²) in [5.74, 6) is -1.08. The number of amidine groups is 1. The predicted octanol–water partition coefficient (Wildman–Crippen LogP) is 4.24. The zero-order valence-electron chi connectivity index (χ0n) is 16.5. The van der Waals surface area contributed by atoms with Crippen LogP contribution >= 0.6 is 11.8 Å². The second-order valence-corrected chi connectivity index (χ2v) is 7.48. The zero-order chi connectivity index (χ0) is 23.8. The summed E-state index contributed by atoms with van der Waals surface area (Å²) >= 11 is 0.830. The Morgan fingerprint density at radius 3 is 2.61 bits per heavy atom. The van der Waals surface area contributed by atoms with Crippen LogP contribution in [0.4, 0.5) is 24.8 Å². The normalized spacial score (nSPS) is 15.4. The molecule has 3 aromatic rings. The Bertz CT molecular complexity index is 1270. The quantitative estimate of drug-likeness (QED) is 0.519. The zero-order valence-corrected chi connectivity index (χ0v) is 17.3. The van der Waals surface area contributed by atoms with Crippen molar-refractivity contribution < 1.29 is 36.5 Å². The monoisotopic (exact) mass is 479 g/mol. The summed E-state index contributed by atoms with van der Waals surface area (Å²) in [6.07, 6.45) is -3.39. The molecule has 2 N–H and O–H groups in total. The van der Waals surface area contributed by atoms with E-state index in [0.29, 0.717) is 11.3 Å². The van der Waals surface area contributed by atoms with E-state index in [0.717, 1.165) is 28.8 Å². The maximum Gasteiger partial charge on any atom is 0.573 e. The molecule has 0 aliphatic carbocycles. The molecule has 14 heteroatoms. The molecule has 0 atom stereocenters. The second kappa shape index (κ2) is 8.46. The van der Waals surface area contributed by atoms with Crippen molar-refractivity contribution in [1.82, 2.24) is 10.3 Å². The van der Waals surface area contributed by atoms with E-state index >= 15 is 0 Å². The van der Waals surface area contributed by atoms with Gasteiger partial charge >= 0.3 is 6.36 Å². The van der Waals surface area contributed by atoms with Gasteiger partial charge in [-0.2, -0.15) is 0 Å². The topological polar surface area (TPSA) is 135 Å². The average molecular weight is 479 g/mol. The molecule has 0 radical (unpaired) electrons. The number of aromatic nitrogens is 2. The fourth-order valence-electron chi connectivity index (χ4n) is 2.79. The minimum absolute atomic E-state index is 0.110. The summed E-state index contributed by atoms with van der Waals surface area (Å²) in [5.41, 5.74) is 0.488. The number of anilines is 2. The molecule has 0 unspecified atom stereocenters. The fourth-order valence-corrected chi connectivity index (χ4v) is 3.61. The number of alkyl halides is 3. The molecule has 10 nitrogen and oxygen atoms in total. The number of halogens is 3.